The summed E-state index contributed by atoms with van der Waals surface area (Å²) in [6.07, 6.45) is 10.2. The summed E-state index contributed by atoms with van der Waals surface area (Å²) in [6.45, 7) is 9.82. The molecule has 0 heteroatoms. The number of hydrogen-bond acceptors (Lipinski definition) is 0. The van der Waals surface area contributed by atoms with Crippen molar-refractivity contribution in [3.8, 4) is 0 Å². The molecule has 0 aliphatic rings. The van der Waals surface area contributed by atoms with Crippen molar-refractivity contribution >= 4 is 0 Å². The molecule has 0 aliphatic heterocycles. The van der Waals surface area contributed by atoms with Crippen molar-refractivity contribution < 1.29 is 0 Å². The van der Waals surface area contributed by atoms with E-state index in [0.29, 0.717) is 0 Å². The van der Waals surface area contributed by atoms with Crippen molar-refractivity contribution in [1.29, 1.82) is 0 Å². The van der Waals surface area contributed by atoms with Crippen LogP contribution in [0.4, 0.5) is 0 Å². The van der Waals surface area contributed by atoms with Crippen LogP contribution in [-0.4, -0.2) is 0 Å². The smallest absolute Gasteiger partial charge is 0.0316 e. The van der Waals surface area contributed by atoms with Crippen LogP contribution < -0.4 is 0 Å². The predicted molar refractivity (Wildman–Crippen MR) is 52.1 cm³/mol. The molecular formula is C11H20. The lowest BCUT2D eigenvalue weighted by molar-refractivity contribution is 0.460. The van der Waals surface area contributed by atoms with E-state index in [1.165, 1.54) is 25.7 Å². The summed E-state index contributed by atoms with van der Waals surface area (Å²) in [7, 11) is 0. The molecule has 0 rings (SSSR count). The highest BCUT2D eigenvalue weighted by Gasteiger charge is 2.00. The van der Waals surface area contributed by atoms with Crippen molar-refractivity contribution in [2.75, 3.05) is 0 Å². The topological polar surface area (TPSA) is 0 Å². The zero-order valence-electron chi connectivity index (χ0n) is 7.68. The molecule has 0 heterocycles. The maximum Gasteiger partial charge on any atom is -0.0316 e. The van der Waals surface area contributed by atoms with E-state index in [2.05, 4.69) is 26.8 Å². The van der Waals surface area contributed by atoms with E-state index in [0.717, 1.165) is 12.3 Å². The van der Waals surface area contributed by atoms with Crippen LogP contribution >= 0.6 is 0 Å². The fourth-order valence-electron chi connectivity index (χ4n) is 1.19. The van der Waals surface area contributed by atoms with Crippen LogP contribution in [0, 0.1) is 19.8 Å². The standard InChI is InChI=1S/C11H20/c1-4-7-8-9-10-11(5-2)6-3/h4,7,11H,1-2,5-6,8-10H2,3H3. The minimum absolute atomic E-state index is 0.841. The van der Waals surface area contributed by atoms with Gasteiger partial charge in [-0.05, 0) is 25.7 Å². The third-order valence-corrected chi connectivity index (χ3v) is 2.14. The van der Waals surface area contributed by atoms with Crippen molar-refractivity contribution in [2.24, 2.45) is 5.92 Å². The lowest BCUT2D eigenvalue weighted by Crippen LogP contribution is -1.95. The van der Waals surface area contributed by atoms with E-state index >= 15 is 0 Å². The summed E-state index contributed by atoms with van der Waals surface area (Å²) < 4.78 is 0. The van der Waals surface area contributed by atoms with Crippen LogP contribution in [0.25, 0.3) is 0 Å². The molecule has 0 saturated heterocycles. The molecule has 0 amide bonds. The Balaban J connectivity index is 3.21. The summed E-state index contributed by atoms with van der Waals surface area (Å²) in [5.41, 5.74) is 0. The Labute approximate surface area is 71.7 Å². The molecule has 0 fully saturated rings. The number of rotatable bonds is 6. The van der Waals surface area contributed by atoms with Gasteiger partial charge in [-0.15, -0.1) is 0 Å². The molecule has 0 aromatic heterocycles. The van der Waals surface area contributed by atoms with Crippen molar-refractivity contribution in [1.82, 2.24) is 0 Å². The molecule has 0 bridgehead atoms. The highest BCUT2D eigenvalue weighted by molar-refractivity contribution is 4.83. The Morgan fingerprint density at radius 3 is 2.64 bits per heavy atom. The van der Waals surface area contributed by atoms with Crippen molar-refractivity contribution in [2.45, 2.75) is 39.0 Å². The van der Waals surface area contributed by atoms with Crippen LogP contribution in [-0.2, 0) is 0 Å². The van der Waals surface area contributed by atoms with E-state index in [1.807, 2.05) is 6.08 Å². The minimum atomic E-state index is 0.841. The first kappa shape index (κ1) is 10.7. The van der Waals surface area contributed by atoms with E-state index < -0.39 is 0 Å². The summed E-state index contributed by atoms with van der Waals surface area (Å²) in [6, 6.07) is 0. The quantitative estimate of drug-likeness (QED) is 0.508. The van der Waals surface area contributed by atoms with Gasteiger partial charge in [0.25, 0.3) is 0 Å². The van der Waals surface area contributed by atoms with Crippen LogP contribution in [0.1, 0.15) is 39.0 Å². The highest BCUT2D eigenvalue weighted by atomic mass is 14.1. The first-order chi connectivity index (χ1) is 5.35. The van der Waals surface area contributed by atoms with Crippen LogP contribution in [0.15, 0.2) is 12.2 Å². The first-order valence-corrected chi connectivity index (χ1v) is 4.58. The average molecular weight is 152 g/mol. The molecule has 0 saturated carbocycles. The molecule has 0 nitrogen and oxygen atoms in total. The summed E-state index contributed by atoms with van der Waals surface area (Å²) in [5, 5.41) is 0. The molecule has 1 atom stereocenters. The van der Waals surface area contributed by atoms with Crippen LogP contribution in [0.5, 0.6) is 0 Å². The molecule has 0 N–H and O–H groups in total. The molecule has 1 unspecified atom stereocenters. The van der Waals surface area contributed by atoms with Gasteiger partial charge in [0.15, 0.2) is 0 Å². The third-order valence-electron chi connectivity index (χ3n) is 2.14. The maximum absolute atomic E-state index is 3.93. The molecule has 0 spiro atoms. The Kier molecular flexibility index (Phi) is 7.66. The summed E-state index contributed by atoms with van der Waals surface area (Å²) >= 11 is 0. The lowest BCUT2D eigenvalue weighted by Gasteiger charge is -2.09. The Morgan fingerprint density at radius 1 is 1.45 bits per heavy atom. The zero-order valence-corrected chi connectivity index (χ0v) is 7.68. The first-order valence-electron chi connectivity index (χ1n) is 4.58. The molecule has 2 radical (unpaired) electrons. The van der Waals surface area contributed by atoms with Gasteiger partial charge < -0.3 is 0 Å². The van der Waals surface area contributed by atoms with Crippen molar-refractivity contribution in [3.05, 3.63) is 26.0 Å². The van der Waals surface area contributed by atoms with Crippen molar-refractivity contribution in [3.63, 3.8) is 0 Å². The predicted octanol–water partition coefficient (Wildman–Crippen LogP) is 3.80. The van der Waals surface area contributed by atoms with Gasteiger partial charge in [-0.2, -0.15) is 0 Å². The van der Waals surface area contributed by atoms with Gasteiger partial charge in [0.1, 0.15) is 0 Å². The second kappa shape index (κ2) is 7.84. The van der Waals surface area contributed by atoms with Gasteiger partial charge in [0.05, 0.1) is 0 Å². The molecule has 0 aromatic carbocycles. The average Bonchev–Trinajstić information content (AvgIpc) is 2.05. The summed E-state index contributed by atoms with van der Waals surface area (Å²) in [4.78, 5) is 0. The fraction of sp³-hybridized carbons (Fsp3) is 0.636. The van der Waals surface area contributed by atoms with Gasteiger partial charge in [-0.1, -0.05) is 45.3 Å². The van der Waals surface area contributed by atoms with Gasteiger partial charge in [-0.25, -0.2) is 0 Å². The summed E-state index contributed by atoms with van der Waals surface area (Å²) in [5.74, 6) is 0.841. The Hall–Kier alpha value is -0.260. The minimum Gasteiger partial charge on any atom is -0.0885 e. The van der Waals surface area contributed by atoms with Crippen LogP contribution in [0.3, 0.4) is 0 Å². The van der Waals surface area contributed by atoms with Gasteiger partial charge in [0, 0.05) is 0 Å². The normalized spacial score (nSPS) is 11.6. The largest absolute Gasteiger partial charge is 0.0885 e. The molecular weight excluding hydrogens is 132 g/mol. The van der Waals surface area contributed by atoms with E-state index in [1.54, 1.807) is 0 Å². The number of unbranched alkanes of at least 4 members (excludes halogenated alkanes) is 1. The monoisotopic (exact) mass is 152 g/mol. The molecule has 0 aromatic rings. The van der Waals surface area contributed by atoms with E-state index in [-0.39, 0.29) is 0 Å². The maximum atomic E-state index is 3.93. The Morgan fingerprint density at radius 2 is 2.18 bits per heavy atom. The van der Waals surface area contributed by atoms with Gasteiger partial charge in [0.2, 0.25) is 0 Å². The van der Waals surface area contributed by atoms with Crippen LogP contribution in [0.2, 0.25) is 0 Å². The Bertz CT molecular complexity index is 88.2. The second-order valence-corrected chi connectivity index (χ2v) is 2.97. The number of allylic oxidation sites excluding steroid dienone is 2. The molecule has 11 heavy (non-hydrogen) atoms. The molecule has 64 valence electrons. The third kappa shape index (κ3) is 6.15. The van der Waals surface area contributed by atoms with E-state index in [9.17, 15) is 0 Å². The number of hydrogen-bond donors (Lipinski definition) is 0. The highest BCUT2D eigenvalue weighted by Crippen LogP contribution is 2.15. The second-order valence-electron chi connectivity index (χ2n) is 2.97. The van der Waals surface area contributed by atoms with Gasteiger partial charge in [-0.3, -0.25) is 0 Å². The van der Waals surface area contributed by atoms with Gasteiger partial charge >= 0.3 is 0 Å². The fourth-order valence-corrected chi connectivity index (χ4v) is 1.19. The SMILES string of the molecule is [CH2]C=CCCCC(C[CH2])CC. The molecule has 0 aliphatic carbocycles. The lowest BCUT2D eigenvalue weighted by atomic mass is 9.97. The zero-order chi connectivity index (χ0) is 8.53. The van der Waals surface area contributed by atoms with E-state index in [4.69, 9.17) is 0 Å².